The first-order chi connectivity index (χ1) is 17.0. The van der Waals surface area contributed by atoms with Gasteiger partial charge >= 0.3 is 0 Å². The van der Waals surface area contributed by atoms with Gasteiger partial charge in [0.2, 0.25) is 5.82 Å². The molecule has 182 valence electrons. The van der Waals surface area contributed by atoms with E-state index in [1.54, 1.807) is 30.5 Å². The van der Waals surface area contributed by atoms with Crippen molar-refractivity contribution >= 4 is 52.2 Å². The lowest BCUT2D eigenvalue weighted by molar-refractivity contribution is 0.0638. The third kappa shape index (κ3) is 5.26. The standard InChI is InChI=1S/C23H22Cl2N6O2S2/c1-2-29-7-9-30(10-8-29)22(32)17-13-34-20(26-17)14-35-23-28-27-21(19-4-3-11-33-19)31(23)18-12-15(24)5-6-16(18)25/h3-6,11-13H,2,7-10,14H2,1H3. The number of thioether (sulfide) groups is 1. The van der Waals surface area contributed by atoms with Crippen LogP contribution in [0, 0.1) is 0 Å². The summed E-state index contributed by atoms with van der Waals surface area (Å²) in [5.74, 6) is 1.59. The lowest BCUT2D eigenvalue weighted by atomic mass is 10.3. The molecule has 5 rings (SSSR count). The number of piperazine rings is 1. The molecule has 0 atom stereocenters. The highest BCUT2D eigenvalue weighted by Gasteiger charge is 2.24. The van der Waals surface area contributed by atoms with Crippen molar-refractivity contribution in [2.45, 2.75) is 17.8 Å². The number of benzene rings is 1. The lowest BCUT2D eigenvalue weighted by Gasteiger charge is -2.33. The molecule has 4 heterocycles. The van der Waals surface area contributed by atoms with E-state index in [0.29, 0.717) is 43.9 Å². The number of amides is 1. The minimum Gasteiger partial charge on any atom is -0.461 e. The van der Waals surface area contributed by atoms with Crippen molar-refractivity contribution in [2.75, 3.05) is 32.7 Å². The maximum atomic E-state index is 12.9. The maximum absolute atomic E-state index is 12.9. The van der Waals surface area contributed by atoms with Crippen molar-refractivity contribution in [1.29, 1.82) is 0 Å². The molecule has 1 fully saturated rings. The third-order valence-corrected chi connectivity index (χ3v) is 8.25. The summed E-state index contributed by atoms with van der Waals surface area (Å²) in [5, 5.41) is 13.0. The normalized spacial score (nSPS) is 14.5. The molecular weight excluding hydrogens is 527 g/mol. The van der Waals surface area contributed by atoms with Gasteiger partial charge < -0.3 is 14.2 Å². The van der Waals surface area contributed by atoms with Crippen molar-refractivity contribution in [3.63, 3.8) is 0 Å². The third-order valence-electron chi connectivity index (χ3n) is 5.73. The van der Waals surface area contributed by atoms with Gasteiger partial charge in [0.15, 0.2) is 10.9 Å². The molecule has 35 heavy (non-hydrogen) atoms. The van der Waals surface area contributed by atoms with Gasteiger partial charge in [-0.05, 0) is 36.9 Å². The van der Waals surface area contributed by atoms with Crippen molar-refractivity contribution in [3.8, 4) is 17.3 Å². The molecule has 1 aromatic carbocycles. The van der Waals surface area contributed by atoms with Gasteiger partial charge in [-0.2, -0.15) is 0 Å². The number of halogens is 2. The van der Waals surface area contributed by atoms with Crippen molar-refractivity contribution < 1.29 is 9.21 Å². The van der Waals surface area contributed by atoms with Crippen molar-refractivity contribution in [2.24, 2.45) is 0 Å². The Morgan fingerprint density at radius 2 is 2.00 bits per heavy atom. The number of nitrogens with zero attached hydrogens (tertiary/aromatic N) is 6. The molecule has 0 aliphatic carbocycles. The average Bonchev–Trinajstić information content (AvgIpc) is 3.64. The van der Waals surface area contributed by atoms with Crippen LogP contribution in [-0.4, -0.2) is 68.2 Å². The van der Waals surface area contributed by atoms with Crippen LogP contribution in [-0.2, 0) is 5.75 Å². The molecule has 4 aromatic rings. The summed E-state index contributed by atoms with van der Waals surface area (Å²) >= 11 is 15.7. The fourth-order valence-corrected chi connectivity index (χ4v) is 5.93. The van der Waals surface area contributed by atoms with Gasteiger partial charge in [0.25, 0.3) is 5.91 Å². The summed E-state index contributed by atoms with van der Waals surface area (Å²) in [6.07, 6.45) is 1.58. The molecular formula is C23H22Cl2N6O2S2. The summed E-state index contributed by atoms with van der Waals surface area (Å²) in [5.41, 5.74) is 1.14. The predicted molar refractivity (Wildman–Crippen MR) is 139 cm³/mol. The smallest absolute Gasteiger partial charge is 0.273 e. The minimum atomic E-state index is -0.0118. The van der Waals surface area contributed by atoms with Crippen LogP contribution in [0.5, 0.6) is 0 Å². The molecule has 1 aliphatic rings. The zero-order valence-electron chi connectivity index (χ0n) is 18.9. The Labute approximate surface area is 220 Å². The van der Waals surface area contributed by atoms with Gasteiger partial charge in [-0.3, -0.25) is 9.36 Å². The predicted octanol–water partition coefficient (Wildman–Crippen LogP) is 5.36. The molecule has 1 amide bonds. The Morgan fingerprint density at radius 3 is 2.74 bits per heavy atom. The number of carbonyl (C=O) groups is 1. The zero-order valence-corrected chi connectivity index (χ0v) is 22.0. The van der Waals surface area contributed by atoms with Gasteiger partial charge in [0.05, 0.1) is 22.7 Å². The monoisotopic (exact) mass is 548 g/mol. The topological polar surface area (TPSA) is 80.3 Å². The number of carbonyl (C=O) groups excluding carboxylic acids is 1. The number of furan rings is 1. The molecule has 3 aromatic heterocycles. The molecule has 0 N–H and O–H groups in total. The highest BCUT2D eigenvalue weighted by atomic mass is 35.5. The molecule has 1 saturated heterocycles. The summed E-state index contributed by atoms with van der Waals surface area (Å²) < 4.78 is 7.39. The lowest BCUT2D eigenvalue weighted by Crippen LogP contribution is -2.48. The molecule has 0 saturated carbocycles. The second-order valence-electron chi connectivity index (χ2n) is 7.86. The summed E-state index contributed by atoms with van der Waals surface area (Å²) in [7, 11) is 0. The van der Waals surface area contributed by atoms with Crippen LogP contribution in [0.15, 0.2) is 51.5 Å². The van der Waals surface area contributed by atoms with Crippen molar-refractivity contribution in [1.82, 2.24) is 29.5 Å². The van der Waals surface area contributed by atoms with E-state index in [2.05, 4.69) is 27.0 Å². The van der Waals surface area contributed by atoms with Crippen LogP contribution in [0.2, 0.25) is 10.0 Å². The average molecular weight is 550 g/mol. The summed E-state index contributed by atoms with van der Waals surface area (Å²) in [4.78, 5) is 21.7. The van der Waals surface area contributed by atoms with E-state index >= 15 is 0 Å². The van der Waals surface area contributed by atoms with Gasteiger partial charge in [-0.15, -0.1) is 21.5 Å². The second kappa shape index (κ2) is 10.7. The summed E-state index contributed by atoms with van der Waals surface area (Å²) in [6, 6.07) is 8.83. The van der Waals surface area contributed by atoms with E-state index in [0.717, 1.165) is 37.7 Å². The van der Waals surface area contributed by atoms with Crippen LogP contribution in [0.1, 0.15) is 22.4 Å². The maximum Gasteiger partial charge on any atom is 0.273 e. The highest BCUT2D eigenvalue weighted by Crippen LogP contribution is 2.34. The number of hydrogen-bond acceptors (Lipinski definition) is 8. The first-order valence-corrected chi connectivity index (χ1v) is 13.7. The number of rotatable bonds is 7. The first kappa shape index (κ1) is 24.3. The van der Waals surface area contributed by atoms with Crippen LogP contribution in [0.25, 0.3) is 17.3 Å². The number of aromatic nitrogens is 4. The Bertz CT molecular complexity index is 1320. The Kier molecular flexibility index (Phi) is 7.45. The zero-order chi connectivity index (χ0) is 24.4. The fraction of sp³-hybridized carbons (Fsp3) is 0.304. The Hall–Kier alpha value is -2.37. The van der Waals surface area contributed by atoms with E-state index in [1.165, 1.54) is 23.1 Å². The Morgan fingerprint density at radius 1 is 1.17 bits per heavy atom. The Balaban J connectivity index is 1.35. The SMILES string of the molecule is CCN1CCN(C(=O)c2csc(CSc3nnc(-c4ccco4)n3-c3cc(Cl)ccc3Cl)n2)CC1. The largest absolute Gasteiger partial charge is 0.461 e. The number of thiazole rings is 1. The minimum absolute atomic E-state index is 0.0118. The van der Waals surface area contributed by atoms with E-state index in [1.807, 2.05) is 20.9 Å². The molecule has 12 heteroatoms. The molecule has 0 unspecified atom stereocenters. The van der Waals surface area contributed by atoms with Crippen LogP contribution in [0.4, 0.5) is 0 Å². The van der Waals surface area contributed by atoms with E-state index in [4.69, 9.17) is 27.6 Å². The molecule has 0 bridgehead atoms. The molecule has 8 nitrogen and oxygen atoms in total. The van der Waals surface area contributed by atoms with Crippen LogP contribution in [0.3, 0.4) is 0 Å². The summed E-state index contributed by atoms with van der Waals surface area (Å²) in [6.45, 7) is 6.40. The van der Waals surface area contributed by atoms with E-state index in [9.17, 15) is 4.79 Å². The van der Waals surface area contributed by atoms with E-state index in [-0.39, 0.29) is 5.91 Å². The molecule has 1 aliphatic heterocycles. The first-order valence-electron chi connectivity index (χ1n) is 11.1. The van der Waals surface area contributed by atoms with Gasteiger partial charge in [-0.25, -0.2) is 4.98 Å². The highest BCUT2D eigenvalue weighted by molar-refractivity contribution is 7.98. The van der Waals surface area contributed by atoms with Crippen LogP contribution >= 0.6 is 46.3 Å². The fourth-order valence-electron chi connectivity index (χ4n) is 3.83. The number of likely N-dealkylation sites (N-methyl/N-ethyl adjacent to an activating group) is 1. The van der Waals surface area contributed by atoms with E-state index < -0.39 is 0 Å². The quantitative estimate of drug-likeness (QED) is 0.287. The second-order valence-corrected chi connectivity index (χ2v) is 10.6. The molecule has 0 spiro atoms. The van der Waals surface area contributed by atoms with Crippen molar-refractivity contribution in [3.05, 3.63) is 62.7 Å². The number of hydrogen-bond donors (Lipinski definition) is 0. The van der Waals surface area contributed by atoms with Gasteiger partial charge in [0.1, 0.15) is 10.7 Å². The van der Waals surface area contributed by atoms with Gasteiger partial charge in [0, 0.05) is 36.6 Å². The van der Waals surface area contributed by atoms with Crippen LogP contribution < -0.4 is 0 Å². The van der Waals surface area contributed by atoms with Gasteiger partial charge in [-0.1, -0.05) is 41.9 Å². The molecule has 0 radical (unpaired) electrons.